The number of nitrogens with two attached hydrogens (primary N) is 1. The maximum atomic E-state index is 12.5. The van der Waals surface area contributed by atoms with Gasteiger partial charge in [0.1, 0.15) is 0 Å². The van der Waals surface area contributed by atoms with Gasteiger partial charge in [-0.1, -0.05) is 57.2 Å². The minimum Gasteiger partial charge on any atom is -0.399 e. The SMILES string of the molecule is CC(C)(C)c1cccc(CN[C@H]2CS(=O)(=O)C[C@@H](Cc3ccc(N)cc3)[C@@H]2O)c1. The molecule has 4 N–H and O–H groups in total. The maximum absolute atomic E-state index is 12.5. The van der Waals surface area contributed by atoms with Gasteiger partial charge < -0.3 is 16.2 Å². The smallest absolute Gasteiger partial charge is 0.152 e. The van der Waals surface area contributed by atoms with Crippen molar-refractivity contribution in [3.05, 3.63) is 65.2 Å². The van der Waals surface area contributed by atoms with Crippen LogP contribution in [0.25, 0.3) is 0 Å². The summed E-state index contributed by atoms with van der Waals surface area (Å²) >= 11 is 0. The third kappa shape index (κ3) is 5.81. The summed E-state index contributed by atoms with van der Waals surface area (Å²) in [5.74, 6) is -0.363. The molecule has 2 aromatic carbocycles. The summed E-state index contributed by atoms with van der Waals surface area (Å²) in [5, 5.41) is 14.2. The van der Waals surface area contributed by atoms with E-state index in [4.69, 9.17) is 5.73 Å². The number of benzene rings is 2. The van der Waals surface area contributed by atoms with Crippen LogP contribution in [-0.2, 0) is 28.2 Å². The van der Waals surface area contributed by atoms with Gasteiger partial charge in [0.2, 0.25) is 0 Å². The molecule has 29 heavy (non-hydrogen) atoms. The standard InChI is InChI=1S/C23H32N2O3S/c1-23(2,3)19-6-4-5-17(12-19)13-25-21-15-29(27,28)14-18(22(21)26)11-16-7-9-20(24)10-8-16/h4-10,12,18,21-22,25-26H,11,13-15,24H2,1-3H3/t18-,21+,22+/m1/s1. The molecule has 5 nitrogen and oxygen atoms in total. The number of aliphatic hydroxyl groups is 1. The number of hydrogen-bond donors (Lipinski definition) is 3. The van der Waals surface area contributed by atoms with Crippen LogP contribution in [0.5, 0.6) is 0 Å². The van der Waals surface area contributed by atoms with E-state index in [1.165, 1.54) is 5.56 Å². The topological polar surface area (TPSA) is 92.4 Å². The molecule has 0 aromatic heterocycles. The van der Waals surface area contributed by atoms with Crippen molar-refractivity contribution < 1.29 is 13.5 Å². The normalized spacial score (nSPS) is 24.3. The van der Waals surface area contributed by atoms with Crippen LogP contribution in [0, 0.1) is 5.92 Å². The number of aliphatic hydroxyl groups excluding tert-OH is 1. The highest BCUT2D eigenvalue weighted by Crippen LogP contribution is 2.25. The van der Waals surface area contributed by atoms with Crippen LogP contribution in [0.1, 0.15) is 37.5 Å². The summed E-state index contributed by atoms with van der Waals surface area (Å²) in [6.45, 7) is 7.02. The Balaban J connectivity index is 1.70. The van der Waals surface area contributed by atoms with Crippen LogP contribution in [0.2, 0.25) is 0 Å². The van der Waals surface area contributed by atoms with Crippen molar-refractivity contribution in [3.63, 3.8) is 0 Å². The summed E-state index contributed by atoms with van der Waals surface area (Å²) in [5.41, 5.74) is 9.75. The van der Waals surface area contributed by atoms with Crippen LogP contribution in [0.15, 0.2) is 48.5 Å². The second kappa shape index (κ2) is 8.46. The Morgan fingerprint density at radius 3 is 2.41 bits per heavy atom. The summed E-state index contributed by atoms with van der Waals surface area (Å²) in [6, 6.07) is 15.2. The molecule has 1 aliphatic heterocycles. The minimum absolute atomic E-state index is 0.0102. The largest absolute Gasteiger partial charge is 0.399 e. The van der Waals surface area contributed by atoms with Crippen LogP contribution >= 0.6 is 0 Å². The van der Waals surface area contributed by atoms with Gasteiger partial charge in [-0.25, -0.2) is 8.42 Å². The lowest BCUT2D eigenvalue weighted by molar-refractivity contribution is 0.0781. The Bertz CT molecular complexity index is 933. The van der Waals surface area contributed by atoms with Gasteiger partial charge in [-0.05, 0) is 40.7 Å². The summed E-state index contributed by atoms with van der Waals surface area (Å²) in [6.07, 6.45) is -0.208. The Hall–Kier alpha value is -1.89. The zero-order valence-corrected chi connectivity index (χ0v) is 18.2. The van der Waals surface area contributed by atoms with E-state index in [0.717, 1.165) is 11.1 Å². The Morgan fingerprint density at radius 1 is 1.07 bits per heavy atom. The monoisotopic (exact) mass is 416 g/mol. The van der Waals surface area contributed by atoms with E-state index in [-0.39, 0.29) is 22.8 Å². The lowest BCUT2D eigenvalue weighted by Crippen LogP contribution is -2.54. The molecule has 1 saturated heterocycles. The highest BCUT2D eigenvalue weighted by Gasteiger charge is 2.39. The number of sulfone groups is 1. The molecule has 1 aliphatic rings. The molecule has 3 rings (SSSR count). The van der Waals surface area contributed by atoms with Crippen molar-refractivity contribution in [1.82, 2.24) is 5.32 Å². The molecule has 0 radical (unpaired) electrons. The van der Waals surface area contributed by atoms with E-state index in [1.807, 2.05) is 24.3 Å². The third-order valence-electron chi connectivity index (χ3n) is 5.64. The van der Waals surface area contributed by atoms with Crippen LogP contribution in [-0.4, -0.2) is 37.2 Å². The summed E-state index contributed by atoms with van der Waals surface area (Å²) in [4.78, 5) is 0. The number of hydrogen-bond acceptors (Lipinski definition) is 5. The van der Waals surface area contributed by atoms with Gasteiger partial charge in [-0.15, -0.1) is 0 Å². The Morgan fingerprint density at radius 2 is 1.76 bits per heavy atom. The molecule has 6 heteroatoms. The number of nitrogens with one attached hydrogen (secondary N) is 1. The zero-order valence-electron chi connectivity index (χ0n) is 17.4. The van der Waals surface area contributed by atoms with Gasteiger partial charge in [0, 0.05) is 24.2 Å². The molecule has 0 unspecified atom stereocenters. The first-order valence-corrected chi connectivity index (χ1v) is 11.9. The van der Waals surface area contributed by atoms with E-state index < -0.39 is 22.0 Å². The van der Waals surface area contributed by atoms with E-state index in [9.17, 15) is 13.5 Å². The molecule has 3 atom stereocenters. The van der Waals surface area contributed by atoms with Crippen molar-refractivity contribution in [1.29, 1.82) is 0 Å². The van der Waals surface area contributed by atoms with Gasteiger partial charge in [-0.2, -0.15) is 0 Å². The average molecular weight is 417 g/mol. The van der Waals surface area contributed by atoms with Crippen molar-refractivity contribution in [2.75, 3.05) is 17.2 Å². The molecule has 2 aromatic rings. The molecule has 1 fully saturated rings. The fraction of sp³-hybridized carbons (Fsp3) is 0.478. The van der Waals surface area contributed by atoms with Crippen molar-refractivity contribution in [2.24, 2.45) is 5.92 Å². The molecule has 0 aliphatic carbocycles. The van der Waals surface area contributed by atoms with Crippen LogP contribution < -0.4 is 11.1 Å². The van der Waals surface area contributed by atoms with Crippen molar-refractivity contribution in [3.8, 4) is 0 Å². The first kappa shape index (κ1) is 21.8. The highest BCUT2D eigenvalue weighted by molar-refractivity contribution is 7.91. The maximum Gasteiger partial charge on any atom is 0.152 e. The number of anilines is 1. The van der Waals surface area contributed by atoms with Gasteiger partial charge >= 0.3 is 0 Å². The molecular formula is C23H32N2O3S. The first-order chi connectivity index (χ1) is 13.5. The number of rotatable bonds is 5. The highest BCUT2D eigenvalue weighted by atomic mass is 32.2. The quantitative estimate of drug-likeness (QED) is 0.652. The molecular weight excluding hydrogens is 384 g/mol. The van der Waals surface area contributed by atoms with Crippen LogP contribution in [0.4, 0.5) is 5.69 Å². The molecule has 0 amide bonds. The van der Waals surface area contributed by atoms with Crippen molar-refractivity contribution in [2.45, 2.75) is 51.3 Å². The lowest BCUT2D eigenvalue weighted by atomic mass is 9.86. The van der Waals surface area contributed by atoms with Crippen LogP contribution in [0.3, 0.4) is 0 Å². The van der Waals surface area contributed by atoms with Crippen molar-refractivity contribution >= 4 is 15.5 Å². The molecule has 0 spiro atoms. The first-order valence-electron chi connectivity index (χ1n) is 10.1. The Kier molecular flexibility index (Phi) is 6.36. The van der Waals surface area contributed by atoms with E-state index >= 15 is 0 Å². The van der Waals surface area contributed by atoms with Gasteiger partial charge in [0.05, 0.1) is 17.6 Å². The molecule has 158 valence electrons. The van der Waals surface area contributed by atoms with E-state index in [0.29, 0.717) is 18.7 Å². The lowest BCUT2D eigenvalue weighted by Gasteiger charge is -2.35. The second-order valence-electron chi connectivity index (χ2n) is 9.21. The average Bonchev–Trinajstić information content (AvgIpc) is 2.64. The third-order valence-corrected chi connectivity index (χ3v) is 7.44. The molecule has 0 saturated carbocycles. The van der Waals surface area contributed by atoms with E-state index in [1.54, 1.807) is 12.1 Å². The van der Waals surface area contributed by atoms with Gasteiger partial charge in [-0.3, -0.25) is 0 Å². The zero-order chi connectivity index (χ0) is 21.2. The number of nitrogen functional groups attached to an aromatic ring is 1. The fourth-order valence-electron chi connectivity index (χ4n) is 3.91. The summed E-state index contributed by atoms with van der Waals surface area (Å²) < 4.78 is 25.0. The Labute approximate surface area is 174 Å². The van der Waals surface area contributed by atoms with Gasteiger partial charge in [0.25, 0.3) is 0 Å². The fourth-order valence-corrected chi connectivity index (χ4v) is 5.87. The molecule has 0 bridgehead atoms. The van der Waals surface area contributed by atoms with Gasteiger partial charge in [0.15, 0.2) is 9.84 Å². The minimum atomic E-state index is -3.23. The predicted molar refractivity (Wildman–Crippen MR) is 118 cm³/mol. The summed E-state index contributed by atoms with van der Waals surface area (Å²) in [7, 11) is -3.23. The second-order valence-corrected chi connectivity index (χ2v) is 11.4. The van der Waals surface area contributed by atoms with E-state index in [2.05, 4.69) is 38.2 Å². The predicted octanol–water partition coefficient (Wildman–Crippen LogP) is 2.67. The molecule has 1 heterocycles.